The molecule has 0 saturated carbocycles. The maximum atomic E-state index is 14.0. The summed E-state index contributed by atoms with van der Waals surface area (Å²) in [5.41, 5.74) is 7.85. The number of hydrogen-bond donors (Lipinski definition) is 2. The Labute approximate surface area is 127 Å². The monoisotopic (exact) mass is 349 g/mol. The lowest BCUT2D eigenvalue weighted by atomic mass is 10.0. The number of nitrogens with zero attached hydrogens (tertiary/aromatic N) is 1. The van der Waals surface area contributed by atoms with Gasteiger partial charge in [-0.25, -0.2) is 8.78 Å². The molecule has 0 spiro atoms. The maximum absolute atomic E-state index is 14.0. The van der Waals surface area contributed by atoms with Crippen LogP contribution in [0.2, 0.25) is 0 Å². The smallest absolute Gasteiger partial charge is 0.153 e. The number of H-pyrrole nitrogens is 1. The van der Waals surface area contributed by atoms with E-state index in [4.69, 9.17) is 5.73 Å². The van der Waals surface area contributed by atoms with Crippen LogP contribution in [0.3, 0.4) is 0 Å². The van der Waals surface area contributed by atoms with Crippen molar-refractivity contribution in [2.45, 2.75) is 0 Å². The van der Waals surface area contributed by atoms with Gasteiger partial charge in [-0.15, -0.1) is 0 Å². The van der Waals surface area contributed by atoms with E-state index in [1.807, 2.05) is 0 Å². The first-order valence-electron chi connectivity index (χ1n) is 6.12. The van der Waals surface area contributed by atoms with E-state index in [1.54, 1.807) is 24.3 Å². The van der Waals surface area contributed by atoms with E-state index in [2.05, 4.69) is 26.1 Å². The van der Waals surface area contributed by atoms with Gasteiger partial charge in [0.2, 0.25) is 0 Å². The van der Waals surface area contributed by atoms with Crippen molar-refractivity contribution >= 4 is 21.7 Å². The van der Waals surface area contributed by atoms with Crippen LogP contribution in [0.1, 0.15) is 0 Å². The molecule has 21 heavy (non-hydrogen) atoms. The number of hydrogen-bond acceptors (Lipinski definition) is 2. The Morgan fingerprint density at radius 3 is 2.52 bits per heavy atom. The number of rotatable bonds is 2. The van der Waals surface area contributed by atoms with E-state index < -0.39 is 5.82 Å². The van der Waals surface area contributed by atoms with Crippen LogP contribution in [-0.2, 0) is 0 Å². The fourth-order valence-corrected chi connectivity index (χ4v) is 2.73. The van der Waals surface area contributed by atoms with Crippen molar-refractivity contribution in [1.29, 1.82) is 0 Å². The van der Waals surface area contributed by atoms with Crippen LogP contribution in [0.25, 0.3) is 22.4 Å². The third-order valence-electron chi connectivity index (χ3n) is 3.14. The molecule has 0 fully saturated rings. The summed E-state index contributed by atoms with van der Waals surface area (Å²) < 4.78 is 27.8. The summed E-state index contributed by atoms with van der Waals surface area (Å²) in [4.78, 5) is 0. The van der Waals surface area contributed by atoms with Gasteiger partial charge in [0.1, 0.15) is 11.6 Å². The lowest BCUT2D eigenvalue weighted by Crippen LogP contribution is -1.92. The van der Waals surface area contributed by atoms with Crippen LogP contribution in [0.5, 0.6) is 0 Å². The average Bonchev–Trinajstić information content (AvgIpc) is 2.81. The van der Waals surface area contributed by atoms with Crippen LogP contribution in [0.15, 0.2) is 46.9 Å². The molecule has 1 heterocycles. The van der Waals surface area contributed by atoms with E-state index in [0.29, 0.717) is 26.9 Å². The van der Waals surface area contributed by atoms with Crippen molar-refractivity contribution in [2.24, 2.45) is 0 Å². The molecule has 3 nitrogen and oxygen atoms in total. The first-order chi connectivity index (χ1) is 10.1. The quantitative estimate of drug-likeness (QED) is 0.721. The van der Waals surface area contributed by atoms with Crippen molar-refractivity contribution in [2.75, 3.05) is 5.73 Å². The number of nitrogen functional groups attached to an aromatic ring is 1. The van der Waals surface area contributed by atoms with E-state index in [1.165, 1.54) is 18.2 Å². The molecular formula is C15H10BrF2N3. The fraction of sp³-hybridized carbons (Fsp3) is 0. The van der Waals surface area contributed by atoms with Gasteiger partial charge in [0.15, 0.2) is 5.82 Å². The minimum absolute atomic E-state index is 0.186. The van der Waals surface area contributed by atoms with Crippen LogP contribution in [0, 0.1) is 11.6 Å². The molecule has 3 rings (SSSR count). The number of halogens is 3. The summed E-state index contributed by atoms with van der Waals surface area (Å²) >= 11 is 3.30. The van der Waals surface area contributed by atoms with Crippen molar-refractivity contribution in [1.82, 2.24) is 10.2 Å². The highest BCUT2D eigenvalue weighted by atomic mass is 79.9. The molecule has 0 saturated heterocycles. The van der Waals surface area contributed by atoms with E-state index in [-0.39, 0.29) is 11.6 Å². The zero-order chi connectivity index (χ0) is 15.0. The van der Waals surface area contributed by atoms with Crippen LogP contribution in [-0.4, -0.2) is 10.2 Å². The van der Waals surface area contributed by atoms with Gasteiger partial charge in [-0.05, 0) is 40.2 Å². The molecule has 6 heteroatoms. The lowest BCUT2D eigenvalue weighted by molar-refractivity contribution is 0.627. The van der Waals surface area contributed by atoms with Crippen LogP contribution >= 0.6 is 15.9 Å². The minimum Gasteiger partial charge on any atom is -0.382 e. The summed E-state index contributed by atoms with van der Waals surface area (Å²) in [5, 5.41) is 6.73. The highest BCUT2D eigenvalue weighted by Gasteiger charge is 2.19. The molecule has 2 aromatic carbocycles. The number of anilines is 1. The molecular weight excluding hydrogens is 340 g/mol. The number of benzene rings is 2. The largest absolute Gasteiger partial charge is 0.382 e. The fourth-order valence-electron chi connectivity index (χ4n) is 2.18. The second-order valence-corrected chi connectivity index (χ2v) is 5.32. The van der Waals surface area contributed by atoms with E-state index in [0.717, 1.165) is 0 Å². The van der Waals surface area contributed by atoms with Gasteiger partial charge < -0.3 is 5.73 Å². The number of nitrogens with one attached hydrogen (secondary N) is 1. The topological polar surface area (TPSA) is 54.7 Å². The van der Waals surface area contributed by atoms with Gasteiger partial charge in [0.25, 0.3) is 0 Å². The lowest BCUT2D eigenvalue weighted by Gasteiger charge is -2.07. The zero-order valence-corrected chi connectivity index (χ0v) is 12.3. The molecule has 3 N–H and O–H groups in total. The minimum atomic E-state index is -0.398. The maximum Gasteiger partial charge on any atom is 0.153 e. The molecule has 0 bridgehead atoms. The standard InChI is InChI=1S/C15H10BrF2N3/c16-11-7-8(17)5-6-9(11)14-13(15(19)21-20-14)10-3-1-2-4-12(10)18/h1-7H,(H3,19,20,21). The Morgan fingerprint density at radius 2 is 1.81 bits per heavy atom. The predicted octanol–water partition coefficient (Wildman–Crippen LogP) is 4.37. The summed E-state index contributed by atoms with van der Waals surface area (Å²) in [6, 6.07) is 10.5. The molecule has 0 aliphatic carbocycles. The highest BCUT2D eigenvalue weighted by molar-refractivity contribution is 9.10. The number of aromatic nitrogens is 2. The molecule has 0 aliphatic heterocycles. The van der Waals surface area contributed by atoms with Crippen LogP contribution in [0.4, 0.5) is 14.6 Å². The molecule has 0 atom stereocenters. The van der Waals surface area contributed by atoms with Gasteiger partial charge in [-0.3, -0.25) is 5.10 Å². The average molecular weight is 350 g/mol. The normalized spacial score (nSPS) is 10.8. The third kappa shape index (κ3) is 2.42. The molecule has 0 radical (unpaired) electrons. The number of aromatic amines is 1. The first kappa shape index (κ1) is 13.8. The van der Waals surface area contributed by atoms with Crippen molar-refractivity contribution in [3.05, 3.63) is 58.6 Å². The highest BCUT2D eigenvalue weighted by Crippen LogP contribution is 2.38. The van der Waals surface area contributed by atoms with Crippen molar-refractivity contribution in [3.63, 3.8) is 0 Å². The molecule has 0 aliphatic rings. The Bertz CT molecular complexity index is 814. The Kier molecular flexibility index (Phi) is 3.47. The number of nitrogens with two attached hydrogens (primary N) is 1. The summed E-state index contributed by atoms with van der Waals surface area (Å²) in [6.45, 7) is 0. The van der Waals surface area contributed by atoms with E-state index in [9.17, 15) is 8.78 Å². The van der Waals surface area contributed by atoms with E-state index >= 15 is 0 Å². The molecule has 1 aromatic heterocycles. The van der Waals surface area contributed by atoms with Crippen LogP contribution < -0.4 is 5.73 Å². The SMILES string of the molecule is Nc1n[nH]c(-c2ccc(F)cc2Br)c1-c1ccccc1F. The zero-order valence-electron chi connectivity index (χ0n) is 10.7. The second kappa shape index (κ2) is 5.29. The summed E-state index contributed by atoms with van der Waals surface area (Å²) in [6.07, 6.45) is 0. The van der Waals surface area contributed by atoms with Crippen molar-refractivity contribution in [3.8, 4) is 22.4 Å². The first-order valence-corrected chi connectivity index (χ1v) is 6.91. The van der Waals surface area contributed by atoms with Gasteiger partial charge in [-0.2, -0.15) is 5.10 Å². The summed E-state index contributed by atoms with van der Waals surface area (Å²) in [7, 11) is 0. The molecule has 3 aromatic rings. The Hall–Kier alpha value is -2.21. The van der Waals surface area contributed by atoms with Gasteiger partial charge >= 0.3 is 0 Å². The predicted molar refractivity (Wildman–Crippen MR) is 81.5 cm³/mol. The Morgan fingerprint density at radius 1 is 1.05 bits per heavy atom. The van der Waals surface area contributed by atoms with Crippen molar-refractivity contribution < 1.29 is 8.78 Å². The van der Waals surface area contributed by atoms with Gasteiger partial charge in [0.05, 0.1) is 11.3 Å². The van der Waals surface area contributed by atoms with Gasteiger partial charge in [0, 0.05) is 15.6 Å². The molecule has 0 unspecified atom stereocenters. The molecule has 106 valence electrons. The Balaban J connectivity index is 2.25. The van der Waals surface area contributed by atoms with Gasteiger partial charge in [-0.1, -0.05) is 18.2 Å². The molecule has 0 amide bonds. The second-order valence-electron chi connectivity index (χ2n) is 4.46. The third-order valence-corrected chi connectivity index (χ3v) is 3.79. The summed E-state index contributed by atoms with van der Waals surface area (Å²) in [5.74, 6) is -0.582.